The summed E-state index contributed by atoms with van der Waals surface area (Å²) in [5.41, 5.74) is 0.377. The molecular weight excluding hydrogens is 358 g/mol. The summed E-state index contributed by atoms with van der Waals surface area (Å²) in [4.78, 5) is 15.5. The molecular formula is C17H25N3O5S. The maximum Gasteiger partial charge on any atom is 0.293 e. The van der Waals surface area contributed by atoms with Crippen LogP contribution in [0.15, 0.2) is 23.1 Å². The summed E-state index contributed by atoms with van der Waals surface area (Å²) in [5, 5.41) is 11.6. The van der Waals surface area contributed by atoms with Gasteiger partial charge in [0.25, 0.3) is 5.69 Å². The van der Waals surface area contributed by atoms with E-state index in [0.29, 0.717) is 5.69 Å². The summed E-state index contributed by atoms with van der Waals surface area (Å²) in [6.45, 7) is 4.77. The number of anilines is 1. The van der Waals surface area contributed by atoms with Gasteiger partial charge in [0.1, 0.15) is 5.69 Å². The highest BCUT2D eigenvalue weighted by molar-refractivity contribution is 7.90. The van der Waals surface area contributed by atoms with Gasteiger partial charge in [-0.25, -0.2) is 8.42 Å². The van der Waals surface area contributed by atoms with E-state index in [1.165, 1.54) is 12.1 Å². The third kappa shape index (κ3) is 4.33. The average molecular weight is 383 g/mol. The number of benzene rings is 1. The van der Waals surface area contributed by atoms with Crippen LogP contribution in [0.3, 0.4) is 0 Å². The van der Waals surface area contributed by atoms with E-state index in [1.807, 2.05) is 0 Å². The van der Waals surface area contributed by atoms with Gasteiger partial charge in [-0.2, -0.15) is 0 Å². The molecule has 1 unspecified atom stereocenters. The Morgan fingerprint density at radius 1 is 1.23 bits per heavy atom. The number of hydrogen-bond acceptors (Lipinski definition) is 7. The molecule has 1 aromatic rings. The van der Waals surface area contributed by atoms with E-state index in [4.69, 9.17) is 4.74 Å². The molecule has 26 heavy (non-hydrogen) atoms. The topological polar surface area (TPSA) is 93.0 Å². The number of sulfone groups is 1. The molecule has 0 bridgehead atoms. The second kappa shape index (κ2) is 7.89. The Hall–Kier alpha value is -1.71. The van der Waals surface area contributed by atoms with Crippen molar-refractivity contribution in [2.75, 3.05) is 50.5 Å². The standard InChI is InChI=1S/C17H25N3O5S/c1-26(23,24)15-5-6-16(17(12-15)20(21)22)19-7-3-2-4-14(19)13-18-8-10-25-11-9-18/h5-6,12,14H,2-4,7-11,13H2,1H3. The van der Waals surface area contributed by atoms with E-state index in [-0.39, 0.29) is 16.6 Å². The van der Waals surface area contributed by atoms with Gasteiger partial charge in [0, 0.05) is 44.5 Å². The molecule has 8 nitrogen and oxygen atoms in total. The molecule has 2 heterocycles. The van der Waals surface area contributed by atoms with Gasteiger partial charge in [0.2, 0.25) is 0 Å². The summed E-state index contributed by atoms with van der Waals surface area (Å²) < 4.78 is 28.9. The summed E-state index contributed by atoms with van der Waals surface area (Å²) in [6.07, 6.45) is 4.11. The van der Waals surface area contributed by atoms with Gasteiger partial charge in [-0.15, -0.1) is 0 Å². The van der Waals surface area contributed by atoms with Crippen LogP contribution >= 0.6 is 0 Å². The lowest BCUT2D eigenvalue weighted by Gasteiger charge is -2.40. The van der Waals surface area contributed by atoms with Crippen LogP contribution in [0.25, 0.3) is 0 Å². The number of nitro benzene ring substituents is 1. The SMILES string of the molecule is CS(=O)(=O)c1ccc(N2CCCCC2CN2CCOCC2)c([N+](=O)[O-])c1. The van der Waals surface area contributed by atoms with Crippen LogP contribution < -0.4 is 4.90 Å². The van der Waals surface area contributed by atoms with Crippen molar-refractivity contribution in [3.8, 4) is 0 Å². The Morgan fingerprint density at radius 2 is 1.96 bits per heavy atom. The summed E-state index contributed by atoms with van der Waals surface area (Å²) in [5.74, 6) is 0. The molecule has 0 aromatic heterocycles. The predicted octanol–water partition coefficient (Wildman–Crippen LogP) is 1.69. The zero-order valence-corrected chi connectivity index (χ0v) is 15.8. The smallest absolute Gasteiger partial charge is 0.293 e. The number of piperidine rings is 1. The lowest BCUT2D eigenvalue weighted by Crippen LogP contribution is -2.49. The van der Waals surface area contributed by atoms with Crippen LogP contribution in [0.5, 0.6) is 0 Å². The zero-order chi connectivity index (χ0) is 18.7. The van der Waals surface area contributed by atoms with E-state index >= 15 is 0 Å². The summed E-state index contributed by atoms with van der Waals surface area (Å²) in [7, 11) is -3.49. The average Bonchev–Trinajstić information content (AvgIpc) is 2.62. The Labute approximate surface area is 153 Å². The Kier molecular flexibility index (Phi) is 5.79. The Balaban J connectivity index is 1.89. The molecule has 9 heteroatoms. The van der Waals surface area contributed by atoms with Crippen molar-refractivity contribution >= 4 is 21.2 Å². The first-order chi connectivity index (χ1) is 12.4. The van der Waals surface area contributed by atoms with Gasteiger partial charge in [-0.05, 0) is 31.4 Å². The largest absolute Gasteiger partial charge is 0.379 e. The first-order valence-corrected chi connectivity index (χ1v) is 10.8. The molecule has 1 aromatic carbocycles. The minimum absolute atomic E-state index is 0.0188. The highest BCUT2D eigenvalue weighted by atomic mass is 32.2. The number of nitrogens with zero attached hydrogens (tertiary/aromatic N) is 3. The van der Waals surface area contributed by atoms with Crippen LogP contribution in [0, 0.1) is 10.1 Å². The normalized spacial score (nSPS) is 22.3. The van der Waals surface area contributed by atoms with Gasteiger partial charge in [0.15, 0.2) is 9.84 Å². The number of morpholine rings is 1. The van der Waals surface area contributed by atoms with Crippen LogP contribution in [-0.4, -0.2) is 69.9 Å². The van der Waals surface area contributed by atoms with E-state index in [0.717, 1.165) is 64.9 Å². The summed E-state index contributed by atoms with van der Waals surface area (Å²) in [6, 6.07) is 4.43. The monoisotopic (exact) mass is 383 g/mol. The maximum atomic E-state index is 11.8. The third-order valence-electron chi connectivity index (χ3n) is 5.08. The number of ether oxygens (including phenoxy) is 1. The van der Waals surface area contributed by atoms with Crippen molar-refractivity contribution in [2.45, 2.75) is 30.2 Å². The Morgan fingerprint density at radius 3 is 2.62 bits per heavy atom. The van der Waals surface area contributed by atoms with Crippen molar-refractivity contribution in [2.24, 2.45) is 0 Å². The number of nitro groups is 1. The number of rotatable bonds is 5. The first-order valence-electron chi connectivity index (χ1n) is 8.91. The fourth-order valence-corrected chi connectivity index (χ4v) is 4.35. The van der Waals surface area contributed by atoms with Crippen molar-refractivity contribution in [1.82, 2.24) is 4.90 Å². The third-order valence-corrected chi connectivity index (χ3v) is 6.19. The van der Waals surface area contributed by atoms with E-state index in [2.05, 4.69) is 9.80 Å². The van der Waals surface area contributed by atoms with Gasteiger partial charge < -0.3 is 9.64 Å². The molecule has 0 radical (unpaired) electrons. The molecule has 2 saturated heterocycles. The van der Waals surface area contributed by atoms with Gasteiger partial charge in [0.05, 0.1) is 23.0 Å². The molecule has 0 saturated carbocycles. The second-order valence-electron chi connectivity index (χ2n) is 6.94. The molecule has 144 valence electrons. The second-order valence-corrected chi connectivity index (χ2v) is 8.95. The van der Waals surface area contributed by atoms with Gasteiger partial charge in [-0.1, -0.05) is 0 Å². The molecule has 2 aliphatic rings. The molecule has 3 rings (SSSR count). The van der Waals surface area contributed by atoms with Gasteiger partial charge >= 0.3 is 0 Å². The van der Waals surface area contributed by atoms with Crippen molar-refractivity contribution in [3.63, 3.8) is 0 Å². The van der Waals surface area contributed by atoms with Crippen molar-refractivity contribution < 1.29 is 18.1 Å². The predicted molar refractivity (Wildman–Crippen MR) is 98.5 cm³/mol. The molecule has 0 amide bonds. The summed E-state index contributed by atoms with van der Waals surface area (Å²) >= 11 is 0. The highest BCUT2D eigenvalue weighted by Crippen LogP contribution is 2.35. The van der Waals surface area contributed by atoms with Crippen LogP contribution in [0.1, 0.15) is 19.3 Å². The number of hydrogen-bond donors (Lipinski definition) is 0. The van der Waals surface area contributed by atoms with Crippen LogP contribution in [0.2, 0.25) is 0 Å². The molecule has 0 spiro atoms. The molecule has 2 fully saturated rings. The lowest BCUT2D eigenvalue weighted by atomic mass is 10.00. The molecule has 0 aliphatic carbocycles. The van der Waals surface area contributed by atoms with E-state index in [1.54, 1.807) is 6.07 Å². The molecule has 0 N–H and O–H groups in total. The lowest BCUT2D eigenvalue weighted by molar-refractivity contribution is -0.384. The van der Waals surface area contributed by atoms with Crippen LogP contribution in [0.4, 0.5) is 11.4 Å². The quantitative estimate of drug-likeness (QED) is 0.564. The van der Waals surface area contributed by atoms with E-state index in [9.17, 15) is 18.5 Å². The van der Waals surface area contributed by atoms with Gasteiger partial charge in [-0.3, -0.25) is 15.0 Å². The first kappa shape index (κ1) is 19.1. The molecule has 2 aliphatic heterocycles. The highest BCUT2D eigenvalue weighted by Gasteiger charge is 2.30. The molecule has 1 atom stereocenters. The fraction of sp³-hybridized carbons (Fsp3) is 0.647. The van der Waals surface area contributed by atoms with Crippen molar-refractivity contribution in [1.29, 1.82) is 0 Å². The van der Waals surface area contributed by atoms with E-state index < -0.39 is 14.8 Å². The maximum absolute atomic E-state index is 11.8. The fourth-order valence-electron chi connectivity index (χ4n) is 3.71. The van der Waals surface area contributed by atoms with Crippen molar-refractivity contribution in [3.05, 3.63) is 28.3 Å². The van der Waals surface area contributed by atoms with Crippen LogP contribution in [-0.2, 0) is 14.6 Å². The minimum atomic E-state index is -3.49. The zero-order valence-electron chi connectivity index (χ0n) is 15.0. The minimum Gasteiger partial charge on any atom is -0.379 e. The Bertz CT molecular complexity index is 762.